The summed E-state index contributed by atoms with van der Waals surface area (Å²) >= 11 is 5.84. The molecule has 0 spiro atoms. The van der Waals surface area contributed by atoms with Crippen molar-refractivity contribution >= 4 is 34.0 Å². The number of hydrogen-bond acceptors (Lipinski definition) is 3. The Hall–Kier alpha value is -2.39. The maximum absolute atomic E-state index is 12.3. The highest BCUT2D eigenvalue weighted by Gasteiger charge is 2.11. The van der Waals surface area contributed by atoms with E-state index in [0.717, 1.165) is 16.5 Å². The van der Waals surface area contributed by atoms with Crippen molar-refractivity contribution in [2.75, 3.05) is 5.73 Å². The first-order chi connectivity index (χ1) is 10.1. The molecule has 1 heterocycles. The molecule has 4 heteroatoms. The van der Waals surface area contributed by atoms with Crippen LogP contribution in [-0.4, -0.2) is 10.8 Å². The maximum Gasteiger partial charge on any atom is 0.185 e. The molecule has 3 aromatic rings. The van der Waals surface area contributed by atoms with Crippen molar-refractivity contribution in [3.05, 3.63) is 70.9 Å². The van der Waals surface area contributed by atoms with E-state index in [9.17, 15) is 4.79 Å². The first-order valence-electron chi connectivity index (χ1n) is 6.56. The average Bonchev–Trinajstić information content (AvgIpc) is 2.49. The second-order valence-corrected chi connectivity index (χ2v) is 5.28. The van der Waals surface area contributed by atoms with Gasteiger partial charge in [-0.05, 0) is 29.8 Å². The van der Waals surface area contributed by atoms with E-state index in [-0.39, 0.29) is 12.2 Å². The molecule has 0 aliphatic rings. The summed E-state index contributed by atoms with van der Waals surface area (Å²) < 4.78 is 0. The molecule has 0 bridgehead atoms. The van der Waals surface area contributed by atoms with Crippen molar-refractivity contribution < 1.29 is 4.79 Å². The molecule has 1 aromatic heterocycles. The van der Waals surface area contributed by atoms with E-state index in [0.29, 0.717) is 16.4 Å². The van der Waals surface area contributed by atoms with Crippen LogP contribution < -0.4 is 5.73 Å². The lowest BCUT2D eigenvalue weighted by Gasteiger charge is -2.06. The molecule has 0 radical (unpaired) electrons. The summed E-state index contributed by atoms with van der Waals surface area (Å²) in [5.41, 5.74) is 8.59. The van der Waals surface area contributed by atoms with Crippen molar-refractivity contribution in [1.29, 1.82) is 0 Å². The molecule has 0 atom stereocenters. The van der Waals surface area contributed by atoms with Crippen LogP contribution >= 0.6 is 11.6 Å². The van der Waals surface area contributed by atoms with Crippen molar-refractivity contribution in [1.82, 2.24) is 4.98 Å². The Kier molecular flexibility index (Phi) is 3.59. The molecular weight excluding hydrogens is 284 g/mol. The molecule has 0 aliphatic heterocycles. The number of benzene rings is 2. The Morgan fingerprint density at radius 1 is 1.10 bits per heavy atom. The van der Waals surface area contributed by atoms with Crippen LogP contribution in [0.1, 0.15) is 16.1 Å². The van der Waals surface area contributed by atoms with Gasteiger partial charge in [-0.25, -0.2) is 4.98 Å². The third-order valence-corrected chi connectivity index (χ3v) is 3.56. The van der Waals surface area contributed by atoms with E-state index in [1.165, 1.54) is 0 Å². The molecule has 0 unspecified atom stereocenters. The number of pyridine rings is 1. The van der Waals surface area contributed by atoms with Gasteiger partial charge in [0, 0.05) is 22.5 Å². The average molecular weight is 297 g/mol. The molecule has 0 amide bonds. The second-order valence-electron chi connectivity index (χ2n) is 4.84. The number of hydrogen-bond donors (Lipinski definition) is 1. The number of aromatic nitrogens is 1. The quantitative estimate of drug-likeness (QED) is 0.746. The fourth-order valence-electron chi connectivity index (χ4n) is 2.22. The number of Topliss-reactive ketones (excluding diaryl/α,β-unsaturated/α-hetero) is 1. The molecule has 0 saturated heterocycles. The number of nitrogen functional groups attached to an aromatic ring is 1. The van der Waals surface area contributed by atoms with Crippen LogP contribution in [0, 0.1) is 0 Å². The zero-order chi connectivity index (χ0) is 14.8. The number of anilines is 1. The fourth-order valence-corrected chi connectivity index (χ4v) is 2.35. The molecule has 0 saturated carbocycles. The van der Waals surface area contributed by atoms with Gasteiger partial charge >= 0.3 is 0 Å². The zero-order valence-electron chi connectivity index (χ0n) is 11.2. The van der Waals surface area contributed by atoms with Gasteiger partial charge in [0.15, 0.2) is 5.78 Å². The molecule has 0 fully saturated rings. The van der Waals surface area contributed by atoms with Crippen LogP contribution in [0.15, 0.2) is 54.6 Å². The van der Waals surface area contributed by atoms with Crippen LogP contribution in [0.5, 0.6) is 0 Å². The summed E-state index contributed by atoms with van der Waals surface area (Å²) in [7, 11) is 0. The van der Waals surface area contributed by atoms with Crippen LogP contribution in [0.3, 0.4) is 0 Å². The topological polar surface area (TPSA) is 56.0 Å². The Labute approximate surface area is 127 Å². The van der Waals surface area contributed by atoms with E-state index in [1.807, 2.05) is 36.4 Å². The normalized spacial score (nSPS) is 10.7. The number of carbonyl (C=O) groups is 1. The summed E-state index contributed by atoms with van der Waals surface area (Å²) in [4.78, 5) is 16.7. The number of nitrogens with zero attached hydrogens (tertiary/aromatic N) is 1. The van der Waals surface area contributed by atoms with E-state index in [4.69, 9.17) is 17.3 Å². The highest BCUT2D eigenvalue weighted by Crippen LogP contribution is 2.21. The first-order valence-corrected chi connectivity index (χ1v) is 6.94. The summed E-state index contributed by atoms with van der Waals surface area (Å²) in [6.07, 6.45) is 0.280. The molecule has 104 valence electrons. The summed E-state index contributed by atoms with van der Waals surface area (Å²) in [5.74, 6) is -0.0604. The zero-order valence-corrected chi connectivity index (χ0v) is 12.0. The second kappa shape index (κ2) is 5.54. The summed E-state index contributed by atoms with van der Waals surface area (Å²) in [6, 6.07) is 16.4. The standard InChI is InChI=1S/C17H13ClN2O/c18-12-7-5-11(6-8-12)9-17(21)16-10-14(19)13-3-1-2-4-15(13)20-16/h1-8,10H,9H2,(H2,19,20). The largest absolute Gasteiger partial charge is 0.398 e. The first kappa shape index (κ1) is 13.6. The van der Waals surface area contributed by atoms with Crippen molar-refractivity contribution in [3.63, 3.8) is 0 Å². The van der Waals surface area contributed by atoms with Gasteiger partial charge in [-0.1, -0.05) is 41.9 Å². The van der Waals surface area contributed by atoms with Gasteiger partial charge < -0.3 is 5.73 Å². The van der Waals surface area contributed by atoms with Gasteiger partial charge in [0.25, 0.3) is 0 Å². The Balaban J connectivity index is 1.92. The van der Waals surface area contributed by atoms with Crippen LogP contribution in [0.2, 0.25) is 5.02 Å². The Bertz CT molecular complexity index is 813. The lowest BCUT2D eigenvalue weighted by atomic mass is 10.1. The highest BCUT2D eigenvalue weighted by atomic mass is 35.5. The van der Waals surface area contributed by atoms with Gasteiger partial charge in [-0.3, -0.25) is 4.79 Å². The minimum atomic E-state index is -0.0604. The fraction of sp³-hybridized carbons (Fsp3) is 0.0588. The van der Waals surface area contributed by atoms with Crippen LogP contribution in [-0.2, 0) is 6.42 Å². The van der Waals surface area contributed by atoms with E-state index < -0.39 is 0 Å². The minimum absolute atomic E-state index is 0.0604. The maximum atomic E-state index is 12.3. The smallest absolute Gasteiger partial charge is 0.185 e. The Morgan fingerprint density at radius 2 is 1.81 bits per heavy atom. The molecule has 2 N–H and O–H groups in total. The molecule has 0 aliphatic carbocycles. The lowest BCUT2D eigenvalue weighted by Crippen LogP contribution is -2.07. The van der Waals surface area contributed by atoms with Gasteiger partial charge in [0.1, 0.15) is 5.69 Å². The summed E-state index contributed by atoms with van der Waals surface area (Å²) in [5, 5.41) is 1.51. The number of halogens is 1. The molecular formula is C17H13ClN2O. The number of para-hydroxylation sites is 1. The molecule has 21 heavy (non-hydrogen) atoms. The lowest BCUT2D eigenvalue weighted by molar-refractivity contribution is 0.0988. The van der Waals surface area contributed by atoms with Gasteiger partial charge in [0.05, 0.1) is 5.52 Å². The minimum Gasteiger partial charge on any atom is -0.398 e. The van der Waals surface area contributed by atoms with Crippen molar-refractivity contribution in [3.8, 4) is 0 Å². The summed E-state index contributed by atoms with van der Waals surface area (Å²) in [6.45, 7) is 0. The van der Waals surface area contributed by atoms with Crippen LogP contribution in [0.4, 0.5) is 5.69 Å². The highest BCUT2D eigenvalue weighted by molar-refractivity contribution is 6.30. The predicted molar refractivity (Wildman–Crippen MR) is 85.6 cm³/mol. The van der Waals surface area contributed by atoms with E-state index in [1.54, 1.807) is 18.2 Å². The number of ketones is 1. The van der Waals surface area contributed by atoms with E-state index in [2.05, 4.69) is 4.98 Å². The van der Waals surface area contributed by atoms with Gasteiger partial charge in [-0.2, -0.15) is 0 Å². The van der Waals surface area contributed by atoms with Crippen LogP contribution in [0.25, 0.3) is 10.9 Å². The number of fused-ring (bicyclic) bond motifs is 1. The number of rotatable bonds is 3. The van der Waals surface area contributed by atoms with Gasteiger partial charge in [-0.15, -0.1) is 0 Å². The predicted octanol–water partition coefficient (Wildman–Crippen LogP) is 3.90. The number of carbonyl (C=O) groups excluding carboxylic acids is 1. The van der Waals surface area contributed by atoms with Gasteiger partial charge in [0.2, 0.25) is 0 Å². The third-order valence-electron chi connectivity index (χ3n) is 3.31. The van der Waals surface area contributed by atoms with Crippen molar-refractivity contribution in [2.45, 2.75) is 6.42 Å². The monoisotopic (exact) mass is 296 g/mol. The third kappa shape index (κ3) is 2.88. The SMILES string of the molecule is Nc1cc(C(=O)Cc2ccc(Cl)cc2)nc2ccccc12. The van der Waals surface area contributed by atoms with E-state index >= 15 is 0 Å². The number of nitrogens with two attached hydrogens (primary N) is 1. The van der Waals surface area contributed by atoms with Crippen molar-refractivity contribution in [2.24, 2.45) is 0 Å². The molecule has 3 nitrogen and oxygen atoms in total. The Morgan fingerprint density at radius 3 is 2.57 bits per heavy atom. The molecule has 2 aromatic carbocycles. The molecule has 3 rings (SSSR count).